The molecular weight excluding hydrogens is 342 g/mol. The summed E-state index contributed by atoms with van der Waals surface area (Å²) in [6.45, 7) is 2.02. The van der Waals surface area contributed by atoms with Gasteiger partial charge in [0.25, 0.3) is 0 Å². The van der Waals surface area contributed by atoms with Crippen LogP contribution in [0.3, 0.4) is 0 Å². The molecule has 3 nitrogen and oxygen atoms in total. The third-order valence-corrected chi connectivity index (χ3v) is 6.02. The number of halogens is 1. The van der Waals surface area contributed by atoms with Gasteiger partial charge in [-0.1, -0.05) is 42.5 Å². The first-order chi connectivity index (χ1) is 11.5. The summed E-state index contributed by atoms with van der Waals surface area (Å²) in [6.07, 6.45) is 0.762. The van der Waals surface area contributed by atoms with Crippen LogP contribution in [0.5, 0.6) is 0 Å². The van der Waals surface area contributed by atoms with Crippen LogP contribution >= 0.6 is 11.6 Å². The van der Waals surface area contributed by atoms with E-state index in [1.807, 2.05) is 49.4 Å². The van der Waals surface area contributed by atoms with Crippen LogP contribution in [0.2, 0.25) is 0 Å². The maximum absolute atomic E-state index is 12.5. The predicted octanol–water partition coefficient (Wildman–Crippen LogP) is 4.37. The van der Waals surface area contributed by atoms with E-state index in [0.29, 0.717) is 10.8 Å². The van der Waals surface area contributed by atoms with Gasteiger partial charge in [0.2, 0.25) is 0 Å². The molecular formula is C19H18ClNO2S. The van der Waals surface area contributed by atoms with Crippen LogP contribution < -0.4 is 0 Å². The van der Waals surface area contributed by atoms with Crippen LogP contribution in [-0.4, -0.2) is 20.0 Å². The number of nitrogens with zero attached hydrogens (tertiary/aromatic N) is 1. The minimum Gasteiger partial charge on any atom is -0.256 e. The summed E-state index contributed by atoms with van der Waals surface area (Å²) in [6, 6.07) is 16.2. The van der Waals surface area contributed by atoms with E-state index in [2.05, 4.69) is 4.99 Å². The lowest BCUT2D eigenvalue weighted by atomic mass is 10.1. The van der Waals surface area contributed by atoms with Crippen LogP contribution in [0.15, 0.2) is 75.8 Å². The summed E-state index contributed by atoms with van der Waals surface area (Å²) in [5.74, 6) is 0.407. The second-order valence-corrected chi connectivity index (χ2v) is 8.12. The van der Waals surface area contributed by atoms with Crippen LogP contribution in [0.1, 0.15) is 24.5 Å². The fourth-order valence-corrected chi connectivity index (χ4v) is 4.33. The number of benzene rings is 2. The fourth-order valence-electron chi connectivity index (χ4n) is 2.69. The highest BCUT2D eigenvalue weighted by Gasteiger charge is 2.18. The standard InChI is InChI=1S/C19H18ClNO2S/c1-14-11-18(21-19(14)12-20)16-7-9-17(10-8-16)24(22,23)13-15-5-3-2-4-6-15/h2-10H,11-13H2,1H3. The Labute approximate surface area is 147 Å². The normalized spacial score (nSPS) is 14.8. The molecule has 0 aliphatic carbocycles. The zero-order chi connectivity index (χ0) is 17.2. The SMILES string of the molecule is CC1=C(CCl)N=C(c2ccc(S(=O)(=O)Cc3ccccc3)cc2)C1. The lowest BCUT2D eigenvalue weighted by Gasteiger charge is -2.07. The van der Waals surface area contributed by atoms with Crippen molar-refractivity contribution in [2.45, 2.75) is 24.0 Å². The van der Waals surface area contributed by atoms with Crippen molar-refractivity contribution in [3.63, 3.8) is 0 Å². The topological polar surface area (TPSA) is 46.5 Å². The molecule has 0 spiro atoms. The third kappa shape index (κ3) is 3.60. The molecule has 0 radical (unpaired) electrons. The van der Waals surface area contributed by atoms with Gasteiger partial charge in [-0.2, -0.15) is 0 Å². The summed E-state index contributed by atoms with van der Waals surface area (Å²) < 4.78 is 25.1. The number of sulfone groups is 1. The second-order valence-electron chi connectivity index (χ2n) is 5.86. The third-order valence-electron chi connectivity index (χ3n) is 4.07. The fraction of sp³-hybridized carbons (Fsp3) is 0.211. The van der Waals surface area contributed by atoms with Crippen LogP contribution in [-0.2, 0) is 15.6 Å². The molecule has 1 aliphatic rings. The van der Waals surface area contributed by atoms with Crippen molar-refractivity contribution in [3.8, 4) is 0 Å². The molecule has 3 rings (SSSR count). The molecule has 124 valence electrons. The maximum Gasteiger partial charge on any atom is 0.182 e. The molecule has 0 atom stereocenters. The molecule has 1 heterocycles. The average molecular weight is 360 g/mol. The van der Waals surface area contributed by atoms with Crippen molar-refractivity contribution in [2.75, 3.05) is 5.88 Å². The minimum atomic E-state index is -3.35. The van der Waals surface area contributed by atoms with Crippen molar-refractivity contribution >= 4 is 27.1 Å². The van der Waals surface area contributed by atoms with Crippen molar-refractivity contribution in [2.24, 2.45) is 4.99 Å². The van der Waals surface area contributed by atoms with Gasteiger partial charge in [-0.05, 0) is 35.8 Å². The zero-order valence-electron chi connectivity index (χ0n) is 13.4. The van der Waals surface area contributed by atoms with E-state index in [9.17, 15) is 8.42 Å². The molecule has 0 amide bonds. The van der Waals surface area contributed by atoms with Gasteiger partial charge < -0.3 is 0 Å². The van der Waals surface area contributed by atoms with Crippen molar-refractivity contribution in [3.05, 3.63) is 77.0 Å². The second kappa shape index (κ2) is 6.91. The van der Waals surface area contributed by atoms with Gasteiger partial charge in [0.05, 0.1) is 27.9 Å². The lowest BCUT2D eigenvalue weighted by molar-refractivity contribution is 0.595. The monoisotopic (exact) mass is 359 g/mol. The van der Waals surface area contributed by atoms with Gasteiger partial charge in [-0.3, -0.25) is 4.99 Å². The van der Waals surface area contributed by atoms with Gasteiger partial charge in [0, 0.05) is 6.42 Å². The van der Waals surface area contributed by atoms with Gasteiger partial charge in [0.1, 0.15) is 0 Å². The Morgan fingerprint density at radius 2 is 1.71 bits per heavy atom. The summed E-state index contributed by atoms with van der Waals surface area (Å²) in [5.41, 5.74) is 4.74. The van der Waals surface area contributed by atoms with E-state index in [1.54, 1.807) is 12.1 Å². The summed E-state index contributed by atoms with van der Waals surface area (Å²) >= 11 is 5.87. The quantitative estimate of drug-likeness (QED) is 0.744. The van der Waals surface area contributed by atoms with Gasteiger partial charge >= 0.3 is 0 Å². The van der Waals surface area contributed by atoms with E-state index in [1.165, 1.54) is 5.57 Å². The van der Waals surface area contributed by atoms with E-state index >= 15 is 0 Å². The Kier molecular flexibility index (Phi) is 4.88. The molecule has 24 heavy (non-hydrogen) atoms. The highest BCUT2D eigenvalue weighted by molar-refractivity contribution is 7.90. The van der Waals surface area contributed by atoms with Gasteiger partial charge in [-0.25, -0.2) is 8.42 Å². The Hall–Kier alpha value is -1.91. The predicted molar refractivity (Wildman–Crippen MR) is 98.3 cm³/mol. The Balaban J connectivity index is 1.80. The smallest absolute Gasteiger partial charge is 0.182 e. The molecule has 0 saturated heterocycles. The van der Waals surface area contributed by atoms with Crippen LogP contribution in [0.4, 0.5) is 0 Å². The van der Waals surface area contributed by atoms with E-state index in [4.69, 9.17) is 11.6 Å². The minimum absolute atomic E-state index is 0.00515. The molecule has 0 N–H and O–H groups in total. The molecule has 5 heteroatoms. The Bertz CT molecular complexity index is 898. The number of allylic oxidation sites excluding steroid dienone is 2. The molecule has 0 bridgehead atoms. The van der Waals surface area contributed by atoms with Crippen LogP contribution in [0.25, 0.3) is 0 Å². The molecule has 2 aromatic carbocycles. The van der Waals surface area contributed by atoms with Gasteiger partial charge in [-0.15, -0.1) is 11.6 Å². The Morgan fingerprint density at radius 1 is 1.04 bits per heavy atom. The lowest BCUT2D eigenvalue weighted by Crippen LogP contribution is -2.06. The molecule has 0 saturated carbocycles. The zero-order valence-corrected chi connectivity index (χ0v) is 14.9. The number of hydrogen-bond donors (Lipinski definition) is 0. The highest BCUT2D eigenvalue weighted by atomic mass is 35.5. The first-order valence-electron chi connectivity index (χ1n) is 7.69. The summed E-state index contributed by atoms with van der Waals surface area (Å²) in [7, 11) is -3.35. The summed E-state index contributed by atoms with van der Waals surface area (Å²) in [5, 5.41) is 0. The van der Waals surface area contributed by atoms with Gasteiger partial charge in [0.15, 0.2) is 9.84 Å². The highest BCUT2D eigenvalue weighted by Crippen LogP contribution is 2.25. The number of alkyl halides is 1. The number of hydrogen-bond acceptors (Lipinski definition) is 3. The average Bonchev–Trinajstić information content (AvgIpc) is 2.96. The summed E-state index contributed by atoms with van der Waals surface area (Å²) in [4.78, 5) is 4.86. The molecule has 0 aromatic heterocycles. The number of aliphatic imine (C=N–C) groups is 1. The Morgan fingerprint density at radius 3 is 2.29 bits per heavy atom. The van der Waals surface area contributed by atoms with Crippen molar-refractivity contribution in [1.29, 1.82) is 0 Å². The van der Waals surface area contributed by atoms with E-state index in [-0.39, 0.29) is 5.75 Å². The molecule has 0 unspecified atom stereocenters. The van der Waals surface area contributed by atoms with E-state index < -0.39 is 9.84 Å². The largest absolute Gasteiger partial charge is 0.256 e. The molecule has 0 fully saturated rings. The number of rotatable bonds is 5. The van der Waals surface area contributed by atoms with Crippen molar-refractivity contribution in [1.82, 2.24) is 0 Å². The molecule has 2 aromatic rings. The molecule has 1 aliphatic heterocycles. The van der Waals surface area contributed by atoms with Crippen molar-refractivity contribution < 1.29 is 8.42 Å². The first kappa shape index (κ1) is 16.9. The van der Waals surface area contributed by atoms with Crippen LogP contribution in [0, 0.1) is 0 Å². The first-order valence-corrected chi connectivity index (χ1v) is 9.87. The van der Waals surface area contributed by atoms with E-state index in [0.717, 1.165) is 29.0 Å². The maximum atomic E-state index is 12.5.